The highest BCUT2D eigenvalue weighted by Crippen LogP contribution is 2.52. The maximum atomic E-state index is 15.4. The number of carbonyl (C=O) groups is 1. The number of piperidine rings is 3. The average molecular weight is 457 g/mol. The van der Waals surface area contributed by atoms with Crippen molar-refractivity contribution in [2.24, 2.45) is 11.3 Å². The molecule has 3 fully saturated rings. The van der Waals surface area contributed by atoms with E-state index in [0.29, 0.717) is 22.9 Å². The highest BCUT2D eigenvalue weighted by molar-refractivity contribution is 6.31. The third-order valence-electron chi connectivity index (χ3n) is 7.87. The molecule has 3 heterocycles. The van der Waals surface area contributed by atoms with Gasteiger partial charge in [0.25, 0.3) is 0 Å². The van der Waals surface area contributed by atoms with Crippen molar-refractivity contribution in [3.63, 3.8) is 0 Å². The van der Waals surface area contributed by atoms with Crippen LogP contribution in [0.15, 0.2) is 30.3 Å². The third-order valence-corrected chi connectivity index (χ3v) is 8.28. The summed E-state index contributed by atoms with van der Waals surface area (Å²) in [6.45, 7) is 9.02. The first kappa shape index (κ1) is 21.7. The summed E-state index contributed by atoms with van der Waals surface area (Å²) in [5.41, 5.74) is 3.74. The molecule has 4 aliphatic rings. The predicted octanol–water partition coefficient (Wildman–Crippen LogP) is 6.15. The average Bonchev–Trinajstić information content (AvgIpc) is 3.00. The molecule has 3 aliphatic heterocycles. The molecule has 6 heteroatoms. The minimum atomic E-state index is -0.899. The summed E-state index contributed by atoms with van der Waals surface area (Å²) < 4.78 is 15.4. The monoisotopic (exact) mass is 456 g/mol. The van der Waals surface area contributed by atoms with Crippen LogP contribution in [0, 0.1) is 24.1 Å². The molecule has 0 saturated carbocycles. The number of nitrogens with zero attached hydrogens (tertiary/aromatic N) is 2. The molecule has 1 aliphatic carbocycles. The Morgan fingerprint density at radius 2 is 1.94 bits per heavy atom. The number of amides is 1. The Bertz CT molecular complexity index is 1080. The quantitative estimate of drug-likeness (QED) is 0.602. The molecule has 2 atom stereocenters. The fourth-order valence-corrected chi connectivity index (χ4v) is 6.43. The normalized spacial score (nSPS) is 27.9. The smallest absolute Gasteiger partial charge is 0.408 e. The van der Waals surface area contributed by atoms with Gasteiger partial charge < -0.3 is 10.0 Å². The highest BCUT2D eigenvalue weighted by Gasteiger charge is 2.50. The number of hydrogen-bond acceptors (Lipinski definition) is 2. The van der Waals surface area contributed by atoms with E-state index in [2.05, 4.69) is 18.7 Å². The maximum Gasteiger partial charge on any atom is 0.408 e. The summed E-state index contributed by atoms with van der Waals surface area (Å²) in [7, 11) is 0. The summed E-state index contributed by atoms with van der Waals surface area (Å²) in [5, 5.41) is 10.9. The van der Waals surface area contributed by atoms with Gasteiger partial charge in [0.2, 0.25) is 0 Å². The molecule has 2 bridgehead atoms. The van der Waals surface area contributed by atoms with Crippen LogP contribution < -0.4 is 0 Å². The molecule has 0 unspecified atom stereocenters. The summed E-state index contributed by atoms with van der Waals surface area (Å²) in [4.78, 5) is 16.6. The van der Waals surface area contributed by atoms with Gasteiger partial charge in [0, 0.05) is 17.1 Å². The Morgan fingerprint density at radius 3 is 2.53 bits per heavy atom. The largest absolute Gasteiger partial charge is 0.465 e. The molecule has 3 saturated heterocycles. The molecule has 4 nitrogen and oxygen atoms in total. The van der Waals surface area contributed by atoms with Gasteiger partial charge in [0.05, 0.1) is 12.1 Å². The van der Waals surface area contributed by atoms with E-state index in [0.717, 1.165) is 54.7 Å². The number of halogens is 2. The topological polar surface area (TPSA) is 43.8 Å². The van der Waals surface area contributed by atoms with Gasteiger partial charge in [-0.1, -0.05) is 37.6 Å². The van der Waals surface area contributed by atoms with Crippen LogP contribution in [-0.2, 0) is 6.42 Å². The Morgan fingerprint density at radius 1 is 1.22 bits per heavy atom. The second-order valence-electron chi connectivity index (χ2n) is 10.5. The Labute approximate surface area is 194 Å². The molecule has 32 heavy (non-hydrogen) atoms. The zero-order valence-electron chi connectivity index (χ0n) is 18.9. The standard InChI is InChI=1S/C26H30ClFN2O2/c1-15-4-5-17(11-21(15)27)19-10-18-13-26(2,3)24(20(18)12-22(19)28)30(25(31)32)23-14-29-8-6-16(23)7-9-29/h4-5,10-12,16,23-24H,6-9,13-14H2,1-3H3,(H,31,32)/t23-,24+/m1/s1. The second-order valence-corrected chi connectivity index (χ2v) is 10.9. The molecular formula is C26H30ClFN2O2. The Balaban J connectivity index is 1.57. The number of rotatable bonds is 3. The SMILES string of the molecule is Cc1ccc(-c2cc3c(cc2F)[C@H](N(C(=O)O)[C@@H]2CN4CCC2CC4)C(C)(C)C3)cc1Cl. The van der Waals surface area contributed by atoms with E-state index < -0.39 is 6.09 Å². The minimum absolute atomic E-state index is 0.0381. The summed E-state index contributed by atoms with van der Waals surface area (Å²) >= 11 is 6.30. The highest BCUT2D eigenvalue weighted by atomic mass is 35.5. The van der Waals surface area contributed by atoms with Crippen molar-refractivity contribution < 1.29 is 14.3 Å². The first-order chi connectivity index (χ1) is 15.2. The lowest BCUT2D eigenvalue weighted by atomic mass is 9.79. The number of fused-ring (bicyclic) bond motifs is 4. The van der Waals surface area contributed by atoms with Crippen LogP contribution in [0.2, 0.25) is 5.02 Å². The van der Waals surface area contributed by atoms with Crippen LogP contribution in [-0.4, -0.2) is 46.7 Å². The first-order valence-corrected chi connectivity index (χ1v) is 11.9. The number of aryl methyl sites for hydroxylation is 1. The Hall–Kier alpha value is -2.11. The first-order valence-electron chi connectivity index (χ1n) is 11.5. The Kier molecular flexibility index (Phi) is 5.25. The lowest BCUT2D eigenvalue weighted by molar-refractivity contribution is -0.0267. The predicted molar refractivity (Wildman–Crippen MR) is 125 cm³/mol. The molecule has 2 aromatic carbocycles. The van der Waals surface area contributed by atoms with E-state index in [1.807, 2.05) is 25.1 Å². The van der Waals surface area contributed by atoms with E-state index in [1.54, 1.807) is 17.0 Å². The van der Waals surface area contributed by atoms with Gasteiger partial charge in [-0.2, -0.15) is 0 Å². The lowest BCUT2D eigenvalue weighted by Gasteiger charge is -2.51. The second kappa shape index (κ2) is 7.74. The van der Waals surface area contributed by atoms with E-state index in [4.69, 9.17) is 11.6 Å². The molecule has 2 aromatic rings. The van der Waals surface area contributed by atoms with Crippen molar-refractivity contribution in [2.75, 3.05) is 19.6 Å². The maximum absolute atomic E-state index is 15.4. The van der Waals surface area contributed by atoms with Gasteiger partial charge >= 0.3 is 6.09 Å². The molecule has 1 amide bonds. The fourth-order valence-electron chi connectivity index (χ4n) is 6.25. The molecule has 170 valence electrons. The molecule has 0 aromatic heterocycles. The van der Waals surface area contributed by atoms with Crippen molar-refractivity contribution in [1.29, 1.82) is 0 Å². The van der Waals surface area contributed by atoms with Crippen molar-refractivity contribution >= 4 is 17.7 Å². The lowest BCUT2D eigenvalue weighted by Crippen LogP contribution is -2.60. The van der Waals surface area contributed by atoms with Gasteiger partial charge in [-0.25, -0.2) is 9.18 Å². The van der Waals surface area contributed by atoms with Crippen molar-refractivity contribution in [3.8, 4) is 11.1 Å². The van der Waals surface area contributed by atoms with Crippen LogP contribution in [0.3, 0.4) is 0 Å². The van der Waals surface area contributed by atoms with Gasteiger partial charge in [0.1, 0.15) is 5.82 Å². The summed E-state index contributed by atoms with van der Waals surface area (Å²) in [5.74, 6) is 0.0559. The summed E-state index contributed by atoms with van der Waals surface area (Å²) in [6, 6.07) is 8.68. The van der Waals surface area contributed by atoms with E-state index in [9.17, 15) is 9.90 Å². The summed E-state index contributed by atoms with van der Waals surface area (Å²) in [6.07, 6.45) is 1.89. The van der Waals surface area contributed by atoms with Crippen LogP contribution in [0.5, 0.6) is 0 Å². The van der Waals surface area contributed by atoms with Crippen molar-refractivity contribution in [3.05, 3.63) is 57.9 Å². The molecule has 1 N–H and O–H groups in total. The van der Waals surface area contributed by atoms with Gasteiger partial charge in [-0.15, -0.1) is 0 Å². The number of benzene rings is 2. The molecular weight excluding hydrogens is 427 g/mol. The van der Waals surface area contributed by atoms with Gasteiger partial charge in [0.15, 0.2) is 0 Å². The zero-order chi connectivity index (χ0) is 22.8. The minimum Gasteiger partial charge on any atom is -0.465 e. The molecule has 0 radical (unpaired) electrons. The van der Waals surface area contributed by atoms with Gasteiger partial charge in [-0.05, 0) is 91.1 Å². The van der Waals surface area contributed by atoms with E-state index >= 15 is 4.39 Å². The zero-order valence-corrected chi connectivity index (χ0v) is 19.6. The van der Waals surface area contributed by atoms with Crippen LogP contribution in [0.1, 0.15) is 49.4 Å². The van der Waals surface area contributed by atoms with Gasteiger partial charge in [-0.3, -0.25) is 4.90 Å². The molecule has 0 spiro atoms. The fraction of sp³-hybridized carbons (Fsp3) is 0.500. The number of hydrogen-bond donors (Lipinski definition) is 1. The van der Waals surface area contributed by atoms with Crippen LogP contribution in [0.25, 0.3) is 11.1 Å². The third kappa shape index (κ3) is 3.50. The molecule has 6 rings (SSSR count). The van der Waals surface area contributed by atoms with Crippen LogP contribution >= 0.6 is 11.6 Å². The van der Waals surface area contributed by atoms with Crippen molar-refractivity contribution in [1.82, 2.24) is 9.80 Å². The van der Waals surface area contributed by atoms with Crippen LogP contribution in [0.4, 0.5) is 9.18 Å². The van der Waals surface area contributed by atoms with Crippen molar-refractivity contribution in [2.45, 2.75) is 52.1 Å². The van der Waals surface area contributed by atoms with E-state index in [1.165, 1.54) is 0 Å². The number of carboxylic acid groups (broad SMARTS) is 1. The van der Waals surface area contributed by atoms with E-state index in [-0.39, 0.29) is 23.3 Å².